The van der Waals surface area contributed by atoms with Gasteiger partial charge in [0.1, 0.15) is 0 Å². The summed E-state index contributed by atoms with van der Waals surface area (Å²) in [4.78, 5) is 11.6. The fraction of sp³-hybridized carbons (Fsp3) is 0.312. The molecule has 0 radical (unpaired) electrons. The third kappa shape index (κ3) is 4.07. The van der Waals surface area contributed by atoms with E-state index in [4.69, 9.17) is 17.0 Å². The van der Waals surface area contributed by atoms with Gasteiger partial charge in [0.25, 0.3) is 0 Å². The third-order valence-corrected chi connectivity index (χ3v) is 3.61. The molecule has 23 heavy (non-hydrogen) atoms. The van der Waals surface area contributed by atoms with Gasteiger partial charge in [-0.15, -0.1) is 0 Å². The van der Waals surface area contributed by atoms with Gasteiger partial charge in [-0.2, -0.15) is 5.10 Å². The van der Waals surface area contributed by atoms with Gasteiger partial charge in [-0.25, -0.2) is 4.79 Å². The molecule has 2 aromatic rings. The number of rotatable bonds is 4. The van der Waals surface area contributed by atoms with Crippen LogP contribution in [0, 0.1) is 13.8 Å². The molecule has 7 heteroatoms. The van der Waals surface area contributed by atoms with Crippen LogP contribution in [0.25, 0.3) is 0 Å². The van der Waals surface area contributed by atoms with Crippen LogP contribution >= 0.6 is 12.2 Å². The molecule has 1 aromatic carbocycles. The second kappa shape index (κ2) is 7.23. The fourth-order valence-electron chi connectivity index (χ4n) is 2.13. The summed E-state index contributed by atoms with van der Waals surface area (Å²) in [7, 11) is 1.89. The van der Waals surface area contributed by atoms with Gasteiger partial charge in [0, 0.05) is 12.7 Å². The maximum atomic E-state index is 11.6. The van der Waals surface area contributed by atoms with Gasteiger partial charge in [-0.1, -0.05) is 0 Å². The largest absolute Gasteiger partial charge is 0.462 e. The number of anilines is 2. The Morgan fingerprint density at radius 1 is 1.26 bits per heavy atom. The Bertz CT molecular complexity index is 722. The quantitative estimate of drug-likeness (QED) is 0.663. The van der Waals surface area contributed by atoms with Crippen LogP contribution < -0.4 is 10.6 Å². The van der Waals surface area contributed by atoms with E-state index in [0.29, 0.717) is 17.3 Å². The summed E-state index contributed by atoms with van der Waals surface area (Å²) in [5.41, 5.74) is 4.08. The van der Waals surface area contributed by atoms with E-state index in [9.17, 15) is 4.79 Å². The number of thiocarbonyl (C=S) groups is 1. The molecule has 0 aliphatic carbocycles. The van der Waals surface area contributed by atoms with Gasteiger partial charge in [0.2, 0.25) is 0 Å². The molecule has 122 valence electrons. The highest BCUT2D eigenvalue weighted by molar-refractivity contribution is 7.80. The molecule has 0 saturated carbocycles. The predicted molar refractivity (Wildman–Crippen MR) is 94.9 cm³/mol. The monoisotopic (exact) mass is 332 g/mol. The van der Waals surface area contributed by atoms with Crippen LogP contribution in [0.15, 0.2) is 24.3 Å². The molecule has 0 spiro atoms. The molecule has 2 N–H and O–H groups in total. The van der Waals surface area contributed by atoms with Crippen LogP contribution in [0.2, 0.25) is 0 Å². The lowest BCUT2D eigenvalue weighted by Crippen LogP contribution is -2.20. The van der Waals surface area contributed by atoms with E-state index in [-0.39, 0.29) is 5.97 Å². The normalized spacial score (nSPS) is 10.3. The van der Waals surface area contributed by atoms with E-state index in [1.165, 1.54) is 0 Å². The highest BCUT2D eigenvalue weighted by atomic mass is 32.1. The van der Waals surface area contributed by atoms with E-state index in [2.05, 4.69) is 15.7 Å². The van der Waals surface area contributed by atoms with Crippen LogP contribution in [-0.4, -0.2) is 27.5 Å². The predicted octanol–water partition coefficient (Wildman–Crippen LogP) is 3.02. The van der Waals surface area contributed by atoms with Crippen molar-refractivity contribution in [2.75, 3.05) is 17.2 Å². The zero-order chi connectivity index (χ0) is 17.0. The summed E-state index contributed by atoms with van der Waals surface area (Å²) in [6.07, 6.45) is 0. The zero-order valence-corrected chi connectivity index (χ0v) is 14.5. The van der Waals surface area contributed by atoms with Gasteiger partial charge in [-0.05, 0) is 57.3 Å². The summed E-state index contributed by atoms with van der Waals surface area (Å²) in [5, 5.41) is 11.0. The van der Waals surface area contributed by atoms with E-state index in [1.54, 1.807) is 35.9 Å². The van der Waals surface area contributed by atoms with E-state index in [1.807, 2.05) is 20.9 Å². The maximum Gasteiger partial charge on any atom is 0.338 e. The smallest absolute Gasteiger partial charge is 0.338 e. The van der Waals surface area contributed by atoms with Crippen molar-refractivity contribution in [3.8, 4) is 0 Å². The summed E-state index contributed by atoms with van der Waals surface area (Å²) in [5.74, 6) is -0.332. The van der Waals surface area contributed by atoms with Crippen LogP contribution in [0.3, 0.4) is 0 Å². The Kier molecular flexibility index (Phi) is 5.33. The molecule has 2 rings (SSSR count). The van der Waals surface area contributed by atoms with Crippen molar-refractivity contribution in [3.63, 3.8) is 0 Å². The van der Waals surface area contributed by atoms with Crippen molar-refractivity contribution in [1.29, 1.82) is 0 Å². The number of esters is 1. The second-order valence-corrected chi connectivity index (χ2v) is 5.45. The molecule has 1 heterocycles. The van der Waals surface area contributed by atoms with Crippen molar-refractivity contribution < 1.29 is 9.53 Å². The van der Waals surface area contributed by atoms with Crippen LogP contribution in [-0.2, 0) is 11.8 Å². The first-order valence-corrected chi connectivity index (χ1v) is 7.68. The Morgan fingerprint density at radius 2 is 1.91 bits per heavy atom. The number of carbonyl (C=O) groups is 1. The average Bonchev–Trinajstić information content (AvgIpc) is 2.74. The van der Waals surface area contributed by atoms with Crippen molar-refractivity contribution in [2.24, 2.45) is 7.05 Å². The average molecular weight is 332 g/mol. The van der Waals surface area contributed by atoms with Crippen molar-refractivity contribution in [2.45, 2.75) is 20.8 Å². The van der Waals surface area contributed by atoms with Crippen molar-refractivity contribution in [3.05, 3.63) is 41.2 Å². The lowest BCUT2D eigenvalue weighted by atomic mass is 10.2. The summed E-state index contributed by atoms with van der Waals surface area (Å²) < 4.78 is 6.75. The molecule has 0 fully saturated rings. The van der Waals surface area contributed by atoms with Gasteiger partial charge in [0.05, 0.1) is 29.2 Å². The first-order valence-electron chi connectivity index (χ1n) is 7.27. The van der Waals surface area contributed by atoms with Gasteiger partial charge < -0.3 is 15.4 Å². The Balaban J connectivity index is 2.01. The molecule has 0 aliphatic rings. The lowest BCUT2D eigenvalue weighted by molar-refractivity contribution is 0.0526. The van der Waals surface area contributed by atoms with Crippen molar-refractivity contribution in [1.82, 2.24) is 9.78 Å². The minimum atomic E-state index is -0.332. The molecule has 1 aromatic heterocycles. The first-order chi connectivity index (χ1) is 10.9. The lowest BCUT2D eigenvalue weighted by Gasteiger charge is -2.11. The number of aryl methyl sites for hydroxylation is 2. The number of carbonyl (C=O) groups excluding carboxylic acids is 1. The summed E-state index contributed by atoms with van der Waals surface area (Å²) >= 11 is 5.32. The highest BCUT2D eigenvalue weighted by Crippen LogP contribution is 2.19. The molecule has 0 unspecified atom stereocenters. The molecule has 0 aliphatic heterocycles. The van der Waals surface area contributed by atoms with E-state index in [0.717, 1.165) is 22.8 Å². The Labute approximate surface area is 140 Å². The molecule has 0 amide bonds. The molecular formula is C16H20N4O2S. The van der Waals surface area contributed by atoms with Crippen LogP contribution in [0.5, 0.6) is 0 Å². The molecule has 0 bridgehead atoms. The second-order valence-electron chi connectivity index (χ2n) is 5.05. The maximum absolute atomic E-state index is 11.6. The minimum Gasteiger partial charge on any atom is -0.462 e. The molecule has 0 atom stereocenters. The van der Waals surface area contributed by atoms with Gasteiger partial charge >= 0.3 is 5.97 Å². The molecule has 0 saturated heterocycles. The van der Waals surface area contributed by atoms with Gasteiger partial charge in [-0.3, -0.25) is 4.68 Å². The van der Waals surface area contributed by atoms with Gasteiger partial charge in [0.15, 0.2) is 5.11 Å². The number of hydrogen-bond donors (Lipinski definition) is 2. The number of nitrogens with zero attached hydrogens (tertiary/aromatic N) is 2. The van der Waals surface area contributed by atoms with Crippen LogP contribution in [0.1, 0.15) is 28.7 Å². The standard InChI is InChI=1S/C16H20N4O2S/c1-5-22-15(21)12-6-8-13(9-7-12)17-16(23)18-14-10(2)19-20(4)11(14)3/h6-9H,5H2,1-4H3,(H2,17,18,23). The van der Waals surface area contributed by atoms with E-state index >= 15 is 0 Å². The number of benzene rings is 1. The topological polar surface area (TPSA) is 68.2 Å². The first kappa shape index (κ1) is 17.0. The highest BCUT2D eigenvalue weighted by Gasteiger charge is 2.11. The Hall–Kier alpha value is -2.41. The zero-order valence-electron chi connectivity index (χ0n) is 13.6. The molecular weight excluding hydrogens is 312 g/mol. The Morgan fingerprint density at radius 3 is 2.43 bits per heavy atom. The minimum absolute atomic E-state index is 0.332. The third-order valence-electron chi connectivity index (χ3n) is 3.40. The summed E-state index contributed by atoms with van der Waals surface area (Å²) in [6.45, 7) is 6.03. The summed E-state index contributed by atoms with van der Waals surface area (Å²) in [6, 6.07) is 6.96. The van der Waals surface area contributed by atoms with Crippen LogP contribution in [0.4, 0.5) is 11.4 Å². The number of nitrogens with one attached hydrogen (secondary N) is 2. The number of ether oxygens (including phenoxy) is 1. The van der Waals surface area contributed by atoms with Crippen molar-refractivity contribution >= 4 is 34.7 Å². The SMILES string of the molecule is CCOC(=O)c1ccc(NC(=S)Nc2c(C)nn(C)c2C)cc1. The number of aromatic nitrogens is 2. The fourth-order valence-corrected chi connectivity index (χ4v) is 2.35. The van der Waals surface area contributed by atoms with E-state index < -0.39 is 0 Å². The molecule has 6 nitrogen and oxygen atoms in total. The number of hydrogen-bond acceptors (Lipinski definition) is 4.